The van der Waals surface area contributed by atoms with Crippen molar-refractivity contribution in [2.45, 2.75) is 26.4 Å². The molecule has 1 aliphatic heterocycles. The highest BCUT2D eigenvalue weighted by atomic mass is 35.5. The first-order chi connectivity index (χ1) is 11.1. The fourth-order valence-electron chi connectivity index (χ4n) is 2.45. The van der Waals surface area contributed by atoms with E-state index in [4.69, 9.17) is 22.1 Å². The number of piperazine rings is 1. The van der Waals surface area contributed by atoms with Gasteiger partial charge in [-0.2, -0.15) is 0 Å². The Morgan fingerprint density at radius 1 is 1.21 bits per heavy atom. The van der Waals surface area contributed by atoms with Crippen molar-refractivity contribution in [2.75, 3.05) is 31.1 Å². The number of rotatable bonds is 2. The van der Waals surface area contributed by atoms with Gasteiger partial charge in [0.05, 0.1) is 16.3 Å². The van der Waals surface area contributed by atoms with Gasteiger partial charge in [0, 0.05) is 32.2 Å². The number of hydrogen-bond donors (Lipinski definition) is 2. The second-order valence-electron chi connectivity index (χ2n) is 6.64. The van der Waals surface area contributed by atoms with Crippen molar-refractivity contribution in [2.24, 2.45) is 5.73 Å². The maximum atomic E-state index is 12.1. The lowest BCUT2D eigenvalue weighted by Gasteiger charge is -2.37. The molecule has 24 heavy (non-hydrogen) atoms. The van der Waals surface area contributed by atoms with Gasteiger partial charge in [-0.25, -0.2) is 4.79 Å². The molecular formula is C16H22ClN3O4. The van der Waals surface area contributed by atoms with Gasteiger partial charge in [0.15, 0.2) is 0 Å². The predicted molar refractivity (Wildman–Crippen MR) is 91.7 cm³/mol. The Labute approximate surface area is 145 Å². The van der Waals surface area contributed by atoms with Crippen molar-refractivity contribution >= 4 is 29.3 Å². The van der Waals surface area contributed by atoms with Gasteiger partial charge in [0.2, 0.25) is 0 Å². The Morgan fingerprint density at radius 2 is 1.79 bits per heavy atom. The largest absolute Gasteiger partial charge is 0.507 e. The summed E-state index contributed by atoms with van der Waals surface area (Å²) in [5, 5.41) is 10.2. The van der Waals surface area contributed by atoms with Crippen LogP contribution >= 0.6 is 11.6 Å². The van der Waals surface area contributed by atoms with Crippen LogP contribution in [0.3, 0.4) is 0 Å². The van der Waals surface area contributed by atoms with Crippen molar-refractivity contribution in [3.63, 3.8) is 0 Å². The van der Waals surface area contributed by atoms with Crippen LogP contribution in [-0.4, -0.2) is 53.8 Å². The molecule has 0 spiro atoms. The number of benzene rings is 1. The highest BCUT2D eigenvalue weighted by Gasteiger charge is 2.27. The smallest absolute Gasteiger partial charge is 0.410 e. The monoisotopic (exact) mass is 355 g/mol. The zero-order chi connectivity index (χ0) is 18.1. The van der Waals surface area contributed by atoms with E-state index in [2.05, 4.69) is 0 Å². The van der Waals surface area contributed by atoms with Crippen molar-refractivity contribution in [1.82, 2.24) is 4.90 Å². The van der Waals surface area contributed by atoms with E-state index in [0.29, 0.717) is 36.9 Å². The minimum atomic E-state index is -0.740. The molecule has 3 N–H and O–H groups in total. The first-order valence-corrected chi connectivity index (χ1v) is 8.01. The molecule has 0 unspecified atom stereocenters. The van der Waals surface area contributed by atoms with Gasteiger partial charge in [0.25, 0.3) is 5.91 Å². The lowest BCUT2D eigenvalue weighted by molar-refractivity contribution is 0.0240. The Morgan fingerprint density at radius 3 is 2.29 bits per heavy atom. The van der Waals surface area contributed by atoms with Crippen LogP contribution in [0.1, 0.15) is 31.1 Å². The summed E-state index contributed by atoms with van der Waals surface area (Å²) in [6, 6.07) is 2.78. The van der Waals surface area contributed by atoms with Gasteiger partial charge in [-0.05, 0) is 26.8 Å². The number of nitrogens with two attached hydrogens (primary N) is 1. The number of halogens is 1. The zero-order valence-electron chi connectivity index (χ0n) is 14.0. The molecule has 1 fully saturated rings. The molecule has 0 bridgehead atoms. The molecule has 2 amide bonds. The zero-order valence-corrected chi connectivity index (χ0v) is 14.8. The Hall–Kier alpha value is -2.15. The molecule has 0 radical (unpaired) electrons. The number of phenols is 1. The van der Waals surface area contributed by atoms with Gasteiger partial charge in [-0.15, -0.1) is 0 Å². The quantitative estimate of drug-likeness (QED) is 0.847. The van der Waals surface area contributed by atoms with Crippen LogP contribution in [0.15, 0.2) is 12.1 Å². The summed E-state index contributed by atoms with van der Waals surface area (Å²) < 4.78 is 5.35. The normalized spacial score (nSPS) is 15.3. The van der Waals surface area contributed by atoms with E-state index in [1.807, 2.05) is 25.7 Å². The second-order valence-corrected chi connectivity index (χ2v) is 7.05. The summed E-state index contributed by atoms with van der Waals surface area (Å²) in [6.07, 6.45) is -0.347. The number of carbonyl (C=O) groups excluding carboxylic acids is 2. The molecule has 7 nitrogen and oxygen atoms in total. The molecule has 0 atom stereocenters. The number of nitrogens with zero attached hydrogens (tertiary/aromatic N) is 2. The van der Waals surface area contributed by atoms with E-state index in [-0.39, 0.29) is 17.4 Å². The fraction of sp³-hybridized carbons (Fsp3) is 0.500. The van der Waals surface area contributed by atoms with Crippen LogP contribution in [0.25, 0.3) is 0 Å². The maximum Gasteiger partial charge on any atom is 0.410 e. The van der Waals surface area contributed by atoms with E-state index >= 15 is 0 Å². The fourth-order valence-corrected chi connectivity index (χ4v) is 2.73. The van der Waals surface area contributed by atoms with E-state index in [1.54, 1.807) is 4.90 Å². The maximum absolute atomic E-state index is 12.1. The molecule has 0 aliphatic carbocycles. The summed E-state index contributed by atoms with van der Waals surface area (Å²) in [5.41, 5.74) is 5.23. The van der Waals surface area contributed by atoms with Crippen LogP contribution in [0.2, 0.25) is 5.02 Å². The van der Waals surface area contributed by atoms with E-state index in [0.717, 1.165) is 0 Å². The van der Waals surface area contributed by atoms with Gasteiger partial charge < -0.3 is 25.4 Å². The van der Waals surface area contributed by atoms with Gasteiger partial charge in [-0.1, -0.05) is 11.6 Å². The first-order valence-electron chi connectivity index (χ1n) is 7.63. The first kappa shape index (κ1) is 18.2. The number of hydrogen-bond acceptors (Lipinski definition) is 5. The molecular weight excluding hydrogens is 334 g/mol. The predicted octanol–water partition coefficient (Wildman–Crippen LogP) is 2.20. The second kappa shape index (κ2) is 6.76. The molecule has 1 saturated heterocycles. The van der Waals surface area contributed by atoms with Crippen molar-refractivity contribution < 1.29 is 19.4 Å². The number of anilines is 1. The molecule has 2 rings (SSSR count). The van der Waals surface area contributed by atoms with E-state index in [1.165, 1.54) is 12.1 Å². The summed E-state index contributed by atoms with van der Waals surface area (Å²) in [6.45, 7) is 7.49. The van der Waals surface area contributed by atoms with Crippen LogP contribution in [-0.2, 0) is 4.74 Å². The molecule has 132 valence electrons. The molecule has 1 heterocycles. The molecule has 8 heteroatoms. The van der Waals surface area contributed by atoms with Crippen molar-refractivity contribution in [3.8, 4) is 5.75 Å². The molecule has 1 aliphatic rings. The third kappa shape index (κ3) is 4.23. The Kier molecular flexibility index (Phi) is 5.13. The molecule has 1 aromatic rings. The molecule has 0 aromatic heterocycles. The highest BCUT2D eigenvalue weighted by Crippen LogP contribution is 2.33. The average molecular weight is 356 g/mol. The van der Waals surface area contributed by atoms with Gasteiger partial charge in [-0.3, -0.25) is 4.79 Å². The lowest BCUT2D eigenvalue weighted by Crippen LogP contribution is -2.50. The Bertz CT molecular complexity index is 649. The number of carbonyl (C=O) groups is 2. The molecule has 0 saturated carbocycles. The summed E-state index contributed by atoms with van der Waals surface area (Å²) >= 11 is 6.20. The number of aromatic hydroxyl groups is 1. The Balaban J connectivity index is 2.06. The van der Waals surface area contributed by atoms with Crippen LogP contribution in [0, 0.1) is 0 Å². The lowest BCUT2D eigenvalue weighted by atomic mass is 10.1. The van der Waals surface area contributed by atoms with Crippen molar-refractivity contribution in [1.29, 1.82) is 0 Å². The summed E-state index contributed by atoms with van der Waals surface area (Å²) in [5.74, 6) is -0.952. The van der Waals surface area contributed by atoms with Crippen molar-refractivity contribution in [3.05, 3.63) is 22.7 Å². The summed E-state index contributed by atoms with van der Waals surface area (Å²) in [4.78, 5) is 26.9. The summed E-state index contributed by atoms with van der Waals surface area (Å²) in [7, 11) is 0. The van der Waals surface area contributed by atoms with E-state index < -0.39 is 11.5 Å². The minimum Gasteiger partial charge on any atom is -0.507 e. The van der Waals surface area contributed by atoms with Crippen LogP contribution in [0.4, 0.5) is 10.5 Å². The SMILES string of the molecule is CC(C)(C)OC(=O)N1CCN(c2cc(O)c(C(N)=O)cc2Cl)CC1. The number of ether oxygens (including phenoxy) is 1. The average Bonchev–Trinajstić information content (AvgIpc) is 2.47. The number of primary amides is 1. The highest BCUT2D eigenvalue weighted by molar-refractivity contribution is 6.33. The van der Waals surface area contributed by atoms with Crippen LogP contribution < -0.4 is 10.6 Å². The molecule has 1 aromatic carbocycles. The standard InChI is InChI=1S/C16H22ClN3O4/c1-16(2,3)24-15(23)20-6-4-19(5-7-20)12-9-13(21)10(14(18)22)8-11(12)17/h8-9,21H,4-7H2,1-3H3,(H2,18,22). The number of amides is 2. The minimum absolute atomic E-state index is 0.0175. The van der Waals surface area contributed by atoms with E-state index in [9.17, 15) is 14.7 Å². The third-order valence-electron chi connectivity index (χ3n) is 3.60. The van der Waals surface area contributed by atoms with Gasteiger partial charge in [0.1, 0.15) is 11.4 Å². The topological polar surface area (TPSA) is 96.1 Å². The van der Waals surface area contributed by atoms with Crippen LogP contribution in [0.5, 0.6) is 5.75 Å². The third-order valence-corrected chi connectivity index (χ3v) is 3.91. The van der Waals surface area contributed by atoms with Gasteiger partial charge >= 0.3 is 6.09 Å².